The van der Waals surface area contributed by atoms with E-state index in [9.17, 15) is 25.2 Å². The average molecular weight is 370 g/mol. The molecule has 0 spiro atoms. The fraction of sp³-hybridized carbons (Fsp3) is 0.143. The van der Waals surface area contributed by atoms with Gasteiger partial charge in [-0.15, -0.1) is 0 Å². The summed E-state index contributed by atoms with van der Waals surface area (Å²) in [7, 11) is -10.7. The van der Waals surface area contributed by atoms with Crippen LogP contribution in [0, 0.1) is 12.3 Å². The van der Waals surface area contributed by atoms with Crippen LogP contribution < -0.4 is 4.74 Å². The van der Waals surface area contributed by atoms with Gasteiger partial charge < -0.3 is 4.74 Å². The van der Waals surface area contributed by atoms with E-state index in [1.54, 1.807) is 6.07 Å². The number of ether oxygens (including phenoxy) is 1. The van der Waals surface area contributed by atoms with E-state index in [1.807, 2.05) is 49.4 Å². The van der Waals surface area contributed by atoms with Crippen molar-refractivity contribution in [1.29, 1.82) is 5.39 Å². The van der Waals surface area contributed by atoms with Crippen molar-refractivity contribution in [2.45, 2.75) is 13.5 Å². The standard InChI is InChI=1S/C14H13N2O.F6P/c1-11-7-8-13(16-15)14(9-11)17-10-12-5-3-2-4-6-12;1-7(2,3,4,5)6/h2-9H,10H2,1H3;/q+1;-1. The van der Waals surface area contributed by atoms with E-state index in [4.69, 9.17) is 10.1 Å². The van der Waals surface area contributed by atoms with E-state index < -0.39 is 7.81 Å². The number of halogens is 6. The van der Waals surface area contributed by atoms with Crippen LogP contribution in [0.2, 0.25) is 0 Å². The Morgan fingerprint density at radius 2 is 1.50 bits per heavy atom. The first kappa shape index (κ1) is 19.7. The van der Waals surface area contributed by atoms with Crippen molar-refractivity contribution in [2.75, 3.05) is 0 Å². The van der Waals surface area contributed by atoms with Crippen LogP contribution in [-0.2, 0) is 6.61 Å². The van der Waals surface area contributed by atoms with Crippen LogP contribution in [0.3, 0.4) is 0 Å². The van der Waals surface area contributed by atoms with Gasteiger partial charge >= 0.3 is 38.7 Å². The van der Waals surface area contributed by atoms with Gasteiger partial charge in [0.15, 0.2) is 4.98 Å². The van der Waals surface area contributed by atoms with Crippen LogP contribution in [0.25, 0.3) is 4.98 Å². The number of aryl methyl sites for hydroxylation is 1. The number of diazo groups is 1. The molecule has 0 aliphatic heterocycles. The quantitative estimate of drug-likeness (QED) is 0.320. The van der Waals surface area contributed by atoms with Gasteiger partial charge in [-0.05, 0) is 24.1 Å². The molecule has 0 saturated carbocycles. The molecule has 0 heterocycles. The Morgan fingerprint density at radius 1 is 0.958 bits per heavy atom. The second-order valence-corrected chi connectivity index (χ2v) is 6.72. The summed E-state index contributed by atoms with van der Waals surface area (Å²) in [4.78, 5) is 3.20. The molecule has 0 bridgehead atoms. The van der Waals surface area contributed by atoms with Crippen LogP contribution in [0.4, 0.5) is 30.9 Å². The maximum absolute atomic E-state index is 10.7. The summed E-state index contributed by atoms with van der Waals surface area (Å²) < 4.78 is 64.8. The molecule has 0 atom stereocenters. The molecule has 3 nitrogen and oxygen atoms in total. The molecule has 0 aliphatic rings. The van der Waals surface area contributed by atoms with Crippen LogP contribution >= 0.6 is 7.81 Å². The number of hydrogen-bond acceptors (Lipinski definition) is 2. The molecule has 24 heavy (non-hydrogen) atoms. The number of hydrogen-bond donors (Lipinski definition) is 0. The Kier molecular flexibility index (Phi) is 5.16. The van der Waals surface area contributed by atoms with Gasteiger partial charge in [0.2, 0.25) is 11.1 Å². The molecule has 0 unspecified atom stereocenters. The Labute approximate surface area is 133 Å². The predicted molar refractivity (Wildman–Crippen MR) is 80.3 cm³/mol. The third-order valence-corrected chi connectivity index (χ3v) is 2.46. The van der Waals surface area contributed by atoms with Gasteiger partial charge in [-0.1, -0.05) is 36.4 Å². The van der Waals surface area contributed by atoms with Gasteiger partial charge in [0.25, 0.3) is 0 Å². The molecule has 0 fully saturated rings. The number of rotatable bonds is 3. The third-order valence-electron chi connectivity index (χ3n) is 2.46. The molecular weight excluding hydrogens is 357 g/mol. The molecule has 10 heteroatoms. The van der Waals surface area contributed by atoms with Crippen LogP contribution in [0.15, 0.2) is 48.5 Å². The van der Waals surface area contributed by atoms with Crippen molar-refractivity contribution >= 4 is 13.5 Å². The SMILES string of the molecule is Cc1ccc([N+]#N)c(OCc2ccccc2)c1.F[P-](F)(F)(F)(F)F. The first-order valence-corrected chi connectivity index (χ1v) is 8.46. The molecule has 0 N–H and O–H groups in total. The monoisotopic (exact) mass is 370 g/mol. The van der Waals surface area contributed by atoms with E-state index in [2.05, 4.69) is 4.98 Å². The molecule has 0 aromatic heterocycles. The van der Waals surface area contributed by atoms with Gasteiger partial charge in [0.05, 0.1) is 0 Å². The van der Waals surface area contributed by atoms with E-state index in [-0.39, 0.29) is 0 Å². The first-order valence-electron chi connectivity index (χ1n) is 6.43. The van der Waals surface area contributed by atoms with Gasteiger partial charge in [-0.25, -0.2) is 0 Å². The van der Waals surface area contributed by atoms with Gasteiger partial charge in [-0.3, -0.25) is 0 Å². The fourth-order valence-electron chi connectivity index (χ4n) is 1.55. The van der Waals surface area contributed by atoms with Gasteiger partial charge in [0, 0.05) is 6.07 Å². The normalized spacial score (nSPS) is 13.6. The molecule has 2 aromatic carbocycles. The summed E-state index contributed by atoms with van der Waals surface area (Å²) in [6.45, 7) is 2.43. The molecule has 0 amide bonds. The summed E-state index contributed by atoms with van der Waals surface area (Å²) in [6.07, 6.45) is 0. The van der Waals surface area contributed by atoms with Crippen molar-refractivity contribution < 1.29 is 29.9 Å². The molecular formula is C14H13F6N2OP. The van der Waals surface area contributed by atoms with Crippen molar-refractivity contribution in [2.24, 2.45) is 0 Å². The van der Waals surface area contributed by atoms with Crippen LogP contribution in [-0.4, -0.2) is 0 Å². The number of benzene rings is 2. The van der Waals surface area contributed by atoms with Crippen molar-refractivity contribution in [3.63, 3.8) is 0 Å². The van der Waals surface area contributed by atoms with Crippen molar-refractivity contribution in [3.8, 4) is 5.75 Å². The van der Waals surface area contributed by atoms with E-state index in [1.165, 1.54) is 0 Å². The summed E-state index contributed by atoms with van der Waals surface area (Å²) >= 11 is 0. The first-order chi connectivity index (χ1) is 10.7. The zero-order chi connectivity index (χ0) is 18.5. The molecule has 0 radical (unpaired) electrons. The molecule has 2 aromatic rings. The second-order valence-electron chi connectivity index (χ2n) is 4.80. The molecule has 132 valence electrons. The molecule has 0 aliphatic carbocycles. The minimum absolute atomic E-state index is 0.450. The summed E-state index contributed by atoms with van der Waals surface area (Å²) in [5, 5.41) is 8.85. The zero-order valence-electron chi connectivity index (χ0n) is 12.3. The minimum atomic E-state index is -10.7. The van der Waals surface area contributed by atoms with Crippen LogP contribution in [0.1, 0.15) is 11.1 Å². The third kappa shape index (κ3) is 10.4. The molecule has 0 saturated heterocycles. The Bertz CT molecular complexity index is 730. The summed E-state index contributed by atoms with van der Waals surface area (Å²) in [6, 6.07) is 15.3. The Morgan fingerprint density at radius 3 is 2.00 bits per heavy atom. The maximum atomic E-state index is 9.87. The predicted octanol–water partition coefficient (Wildman–Crippen LogP) is 7.44. The Balaban J connectivity index is 0.000000351. The van der Waals surface area contributed by atoms with Crippen molar-refractivity contribution in [1.82, 2.24) is 0 Å². The average Bonchev–Trinajstić information content (AvgIpc) is 2.43. The zero-order valence-corrected chi connectivity index (χ0v) is 13.2. The van der Waals surface area contributed by atoms with Gasteiger partial charge in [0.1, 0.15) is 6.61 Å². The number of nitrogens with zero attached hydrogens (tertiary/aromatic N) is 2. The van der Waals surface area contributed by atoms with Gasteiger partial charge in [-0.2, -0.15) is 0 Å². The summed E-state index contributed by atoms with van der Waals surface area (Å²) in [5.74, 6) is 0.594. The molecule has 2 rings (SSSR count). The van der Waals surface area contributed by atoms with Crippen molar-refractivity contribution in [3.05, 3.63) is 64.6 Å². The van der Waals surface area contributed by atoms with E-state index >= 15 is 0 Å². The Hall–Kier alpha value is -2.33. The van der Waals surface area contributed by atoms with Crippen LogP contribution in [0.5, 0.6) is 5.75 Å². The summed E-state index contributed by atoms with van der Waals surface area (Å²) in [5.41, 5.74) is 2.60. The second kappa shape index (κ2) is 6.29. The van der Waals surface area contributed by atoms with E-state index in [0.717, 1.165) is 11.1 Å². The fourth-order valence-corrected chi connectivity index (χ4v) is 1.55. The van der Waals surface area contributed by atoms with E-state index in [0.29, 0.717) is 18.0 Å². The topological polar surface area (TPSA) is 37.4 Å².